The van der Waals surface area contributed by atoms with E-state index in [1.165, 1.54) is 7.11 Å². The van der Waals surface area contributed by atoms with Gasteiger partial charge in [-0.15, -0.1) is 11.3 Å². The van der Waals surface area contributed by atoms with E-state index in [9.17, 15) is 4.79 Å². The van der Waals surface area contributed by atoms with Crippen molar-refractivity contribution in [2.24, 2.45) is 0 Å². The number of methoxy groups -OCH3 is 2. The Morgan fingerprint density at radius 3 is 2.62 bits per heavy atom. The molecular weight excluding hydrogens is 370 g/mol. The predicted molar refractivity (Wildman–Crippen MR) is 105 cm³/mol. The molecule has 0 saturated heterocycles. The molecule has 2 aromatic carbocycles. The molecule has 4 aromatic rings. The Kier molecular flexibility index (Phi) is 4.52. The summed E-state index contributed by atoms with van der Waals surface area (Å²) in [6.07, 6.45) is 0. The molecule has 2 heterocycles. The molecule has 0 unspecified atom stereocenters. The molecule has 0 amide bonds. The summed E-state index contributed by atoms with van der Waals surface area (Å²) in [6, 6.07) is 11.4. The van der Waals surface area contributed by atoms with Gasteiger partial charge in [0.2, 0.25) is 0 Å². The Bertz CT molecular complexity index is 1120. The van der Waals surface area contributed by atoms with Crippen LogP contribution in [-0.2, 0) is 5.75 Å². The molecule has 1 N–H and O–H groups in total. The fourth-order valence-electron chi connectivity index (χ4n) is 2.63. The Morgan fingerprint density at radius 2 is 1.85 bits per heavy atom. The van der Waals surface area contributed by atoms with Gasteiger partial charge in [0, 0.05) is 6.07 Å². The van der Waals surface area contributed by atoms with E-state index in [0.29, 0.717) is 34.0 Å². The molecule has 0 aliphatic carbocycles. The highest BCUT2D eigenvalue weighted by molar-refractivity contribution is 8.00. The molecule has 0 aliphatic heterocycles. The van der Waals surface area contributed by atoms with E-state index < -0.39 is 0 Å². The number of nitrogens with one attached hydrogen (secondary N) is 1. The van der Waals surface area contributed by atoms with E-state index in [4.69, 9.17) is 9.47 Å². The second kappa shape index (κ2) is 6.97. The first-order chi connectivity index (χ1) is 12.7. The summed E-state index contributed by atoms with van der Waals surface area (Å²) >= 11 is 3.18. The normalized spacial score (nSPS) is 11.2. The van der Waals surface area contributed by atoms with Crippen LogP contribution in [-0.4, -0.2) is 29.2 Å². The van der Waals surface area contributed by atoms with E-state index in [2.05, 4.69) is 15.0 Å². The monoisotopic (exact) mass is 385 g/mol. The fourth-order valence-corrected chi connectivity index (χ4v) is 4.56. The van der Waals surface area contributed by atoms with Crippen LogP contribution < -0.4 is 15.0 Å². The molecule has 8 heteroatoms. The molecule has 132 valence electrons. The van der Waals surface area contributed by atoms with Crippen LogP contribution >= 0.6 is 23.1 Å². The van der Waals surface area contributed by atoms with E-state index in [1.54, 1.807) is 42.3 Å². The first kappa shape index (κ1) is 16.9. The highest BCUT2D eigenvalue weighted by Gasteiger charge is 2.12. The zero-order valence-electron chi connectivity index (χ0n) is 14.1. The lowest BCUT2D eigenvalue weighted by molar-refractivity contribution is 0.355. The minimum atomic E-state index is -0.198. The first-order valence-electron chi connectivity index (χ1n) is 7.81. The van der Waals surface area contributed by atoms with Gasteiger partial charge in [-0.2, -0.15) is 0 Å². The molecule has 2 aromatic heterocycles. The summed E-state index contributed by atoms with van der Waals surface area (Å²) in [4.78, 5) is 24.4. The van der Waals surface area contributed by atoms with Crippen LogP contribution in [0.2, 0.25) is 0 Å². The lowest BCUT2D eigenvalue weighted by atomic mass is 10.2. The number of aromatic amines is 1. The summed E-state index contributed by atoms with van der Waals surface area (Å²) in [5.41, 5.74) is 1.36. The number of H-pyrrole nitrogens is 1. The molecular formula is C18H15N3O3S2. The van der Waals surface area contributed by atoms with Crippen molar-refractivity contribution in [2.75, 3.05) is 14.2 Å². The topological polar surface area (TPSA) is 77.1 Å². The second-order valence-electron chi connectivity index (χ2n) is 5.47. The molecule has 0 spiro atoms. The number of thiazole rings is 1. The quantitative estimate of drug-likeness (QED) is 0.526. The van der Waals surface area contributed by atoms with Crippen molar-refractivity contribution in [1.82, 2.24) is 15.0 Å². The van der Waals surface area contributed by atoms with Gasteiger partial charge in [-0.05, 0) is 18.2 Å². The van der Waals surface area contributed by atoms with Crippen molar-refractivity contribution in [3.8, 4) is 11.5 Å². The Hall–Kier alpha value is -2.58. The van der Waals surface area contributed by atoms with Crippen LogP contribution in [0.1, 0.15) is 5.82 Å². The number of rotatable bonds is 5. The largest absolute Gasteiger partial charge is 0.493 e. The van der Waals surface area contributed by atoms with E-state index in [-0.39, 0.29) is 5.56 Å². The molecule has 6 nitrogen and oxygen atoms in total. The molecule has 0 aliphatic rings. The lowest BCUT2D eigenvalue weighted by Gasteiger charge is -2.09. The third-order valence-corrected chi connectivity index (χ3v) is 6.06. The summed E-state index contributed by atoms with van der Waals surface area (Å²) in [6.45, 7) is 0. The van der Waals surface area contributed by atoms with Crippen LogP contribution in [0.3, 0.4) is 0 Å². The van der Waals surface area contributed by atoms with Crippen molar-refractivity contribution in [2.45, 2.75) is 10.1 Å². The maximum atomic E-state index is 12.4. The number of hydrogen-bond donors (Lipinski definition) is 1. The molecule has 4 rings (SSSR count). The van der Waals surface area contributed by atoms with Crippen molar-refractivity contribution in [1.29, 1.82) is 0 Å². The molecule has 0 atom stereocenters. The summed E-state index contributed by atoms with van der Waals surface area (Å²) in [5.74, 6) is 2.17. The van der Waals surface area contributed by atoms with Crippen LogP contribution in [0.4, 0.5) is 0 Å². The van der Waals surface area contributed by atoms with Crippen molar-refractivity contribution < 1.29 is 9.47 Å². The maximum absolute atomic E-state index is 12.4. The number of hydrogen-bond acceptors (Lipinski definition) is 7. The van der Waals surface area contributed by atoms with E-state index in [1.807, 2.05) is 24.3 Å². The van der Waals surface area contributed by atoms with E-state index in [0.717, 1.165) is 14.6 Å². The third kappa shape index (κ3) is 3.13. The summed E-state index contributed by atoms with van der Waals surface area (Å²) < 4.78 is 12.6. The zero-order chi connectivity index (χ0) is 18.1. The maximum Gasteiger partial charge on any atom is 0.258 e. The second-order valence-corrected chi connectivity index (χ2v) is 7.73. The van der Waals surface area contributed by atoms with Gasteiger partial charge in [-0.3, -0.25) is 4.79 Å². The molecule has 0 radical (unpaired) electrons. The number of ether oxygens (including phenoxy) is 2. The van der Waals surface area contributed by atoms with Crippen molar-refractivity contribution in [3.63, 3.8) is 0 Å². The average Bonchev–Trinajstić information content (AvgIpc) is 3.08. The molecule has 0 saturated carbocycles. The summed E-state index contributed by atoms with van der Waals surface area (Å²) in [7, 11) is 3.09. The van der Waals surface area contributed by atoms with Crippen molar-refractivity contribution in [3.05, 3.63) is 52.6 Å². The minimum Gasteiger partial charge on any atom is -0.493 e. The number of aromatic nitrogens is 3. The zero-order valence-corrected chi connectivity index (χ0v) is 15.7. The molecule has 0 bridgehead atoms. The Balaban J connectivity index is 1.64. The Morgan fingerprint density at radius 1 is 1.08 bits per heavy atom. The van der Waals surface area contributed by atoms with Gasteiger partial charge < -0.3 is 14.5 Å². The van der Waals surface area contributed by atoms with Gasteiger partial charge in [0.15, 0.2) is 15.8 Å². The average molecular weight is 385 g/mol. The van der Waals surface area contributed by atoms with Gasteiger partial charge >= 0.3 is 0 Å². The Labute approximate surface area is 157 Å². The number of nitrogens with zero attached hydrogens (tertiary/aromatic N) is 2. The number of para-hydroxylation sites is 1. The van der Waals surface area contributed by atoms with E-state index >= 15 is 0 Å². The van der Waals surface area contributed by atoms with Gasteiger partial charge in [-0.1, -0.05) is 23.9 Å². The standard InChI is InChI=1S/C18H15N3O3S2/c1-23-13-7-10-12(8-14(13)24-2)19-16(21-17(10)22)9-25-18-20-11-5-3-4-6-15(11)26-18/h3-8H,9H2,1-2H3,(H,19,21,22). The number of benzene rings is 2. The van der Waals surface area contributed by atoms with Gasteiger partial charge in [0.25, 0.3) is 5.56 Å². The third-order valence-electron chi connectivity index (χ3n) is 3.87. The molecule has 0 fully saturated rings. The van der Waals surface area contributed by atoms with Crippen LogP contribution in [0.15, 0.2) is 45.5 Å². The highest BCUT2D eigenvalue weighted by atomic mass is 32.2. The first-order valence-corrected chi connectivity index (χ1v) is 9.61. The smallest absolute Gasteiger partial charge is 0.258 e. The van der Waals surface area contributed by atoms with Gasteiger partial charge in [-0.25, -0.2) is 9.97 Å². The van der Waals surface area contributed by atoms with Gasteiger partial charge in [0.1, 0.15) is 5.82 Å². The SMILES string of the molecule is COc1cc2nc(CSc3nc4ccccc4s3)[nH]c(=O)c2cc1OC. The number of fused-ring (bicyclic) bond motifs is 2. The highest BCUT2D eigenvalue weighted by Crippen LogP contribution is 2.32. The van der Waals surface area contributed by atoms with Crippen LogP contribution in [0.25, 0.3) is 21.1 Å². The minimum absolute atomic E-state index is 0.198. The van der Waals surface area contributed by atoms with Crippen LogP contribution in [0, 0.1) is 0 Å². The van der Waals surface area contributed by atoms with Crippen LogP contribution in [0.5, 0.6) is 11.5 Å². The fraction of sp³-hybridized carbons (Fsp3) is 0.167. The number of thioether (sulfide) groups is 1. The molecule has 26 heavy (non-hydrogen) atoms. The summed E-state index contributed by atoms with van der Waals surface area (Å²) in [5, 5.41) is 0.469. The van der Waals surface area contributed by atoms with Crippen molar-refractivity contribution >= 4 is 44.2 Å². The van der Waals surface area contributed by atoms with Gasteiger partial charge in [0.05, 0.1) is 41.1 Å². The predicted octanol–water partition coefficient (Wildman–Crippen LogP) is 3.84. The lowest BCUT2D eigenvalue weighted by Crippen LogP contribution is -2.11.